The number of nitrogens with one attached hydrogen (secondary N) is 1. The third-order valence-corrected chi connectivity index (χ3v) is 9.49. The summed E-state index contributed by atoms with van der Waals surface area (Å²) >= 11 is 0. The van der Waals surface area contributed by atoms with Crippen molar-refractivity contribution < 1.29 is 32.9 Å². The number of phosphoric ester groups is 1. The van der Waals surface area contributed by atoms with Crippen LogP contribution in [-0.2, 0) is 18.4 Å². The normalized spacial score (nSPS) is 15.1. The van der Waals surface area contributed by atoms with Crippen molar-refractivity contribution >= 4 is 13.7 Å². The zero-order valence-corrected chi connectivity index (χ0v) is 33.7. The SMILES string of the molecule is CCCCCCCC/C=C\C/C=C\CCC(=O)NC(COP(=O)([O-])OCC[N+](C)(C)C)C(O)/C=C/CC/C=C/CCCCCCCCCCC. The van der Waals surface area contributed by atoms with E-state index in [2.05, 4.69) is 49.5 Å². The molecule has 0 aliphatic carbocycles. The minimum atomic E-state index is -4.60. The molecule has 0 aromatic carbocycles. The molecule has 0 radical (unpaired) electrons. The first-order valence-electron chi connectivity index (χ1n) is 20.0. The van der Waals surface area contributed by atoms with E-state index in [4.69, 9.17) is 9.05 Å². The van der Waals surface area contributed by atoms with Crippen molar-refractivity contribution in [3.63, 3.8) is 0 Å². The Balaban J connectivity index is 4.66. The van der Waals surface area contributed by atoms with Gasteiger partial charge in [0.1, 0.15) is 13.2 Å². The Labute approximate surface area is 308 Å². The number of carbonyl (C=O) groups is 1. The predicted octanol–water partition coefficient (Wildman–Crippen LogP) is 9.89. The van der Waals surface area contributed by atoms with Gasteiger partial charge in [-0.15, -0.1) is 0 Å². The number of allylic oxidation sites excluding steroid dienone is 7. The average Bonchev–Trinajstić information content (AvgIpc) is 3.06. The molecule has 3 atom stereocenters. The summed E-state index contributed by atoms with van der Waals surface area (Å²) < 4.78 is 23.0. The van der Waals surface area contributed by atoms with Crippen LogP contribution in [0.15, 0.2) is 48.6 Å². The van der Waals surface area contributed by atoms with Gasteiger partial charge in [-0.05, 0) is 51.4 Å². The Morgan fingerprint density at radius 1 is 0.700 bits per heavy atom. The fourth-order valence-corrected chi connectivity index (χ4v) is 6.00. The smallest absolute Gasteiger partial charge is 0.268 e. The van der Waals surface area contributed by atoms with Crippen LogP contribution in [0.4, 0.5) is 0 Å². The van der Waals surface area contributed by atoms with Crippen molar-refractivity contribution in [2.24, 2.45) is 0 Å². The van der Waals surface area contributed by atoms with E-state index in [1.165, 1.54) is 96.3 Å². The van der Waals surface area contributed by atoms with Gasteiger partial charge in [0.15, 0.2) is 0 Å². The van der Waals surface area contributed by atoms with Gasteiger partial charge in [0.25, 0.3) is 7.82 Å². The van der Waals surface area contributed by atoms with Gasteiger partial charge in [-0.1, -0.05) is 146 Å². The molecule has 0 spiro atoms. The summed E-state index contributed by atoms with van der Waals surface area (Å²) in [6.45, 7) is 4.54. The summed E-state index contributed by atoms with van der Waals surface area (Å²) in [5.41, 5.74) is 0. The quantitative estimate of drug-likeness (QED) is 0.0292. The molecule has 3 unspecified atom stereocenters. The average molecular weight is 725 g/mol. The van der Waals surface area contributed by atoms with Crippen LogP contribution in [0.5, 0.6) is 0 Å². The first-order chi connectivity index (χ1) is 24.0. The van der Waals surface area contributed by atoms with Crippen LogP contribution in [-0.4, -0.2) is 68.5 Å². The lowest BCUT2D eigenvalue weighted by atomic mass is 10.1. The molecule has 1 amide bonds. The Morgan fingerprint density at radius 2 is 1.18 bits per heavy atom. The van der Waals surface area contributed by atoms with E-state index >= 15 is 0 Å². The molecule has 0 bridgehead atoms. The van der Waals surface area contributed by atoms with Crippen LogP contribution in [0.2, 0.25) is 0 Å². The lowest BCUT2D eigenvalue weighted by Crippen LogP contribution is -2.45. The van der Waals surface area contributed by atoms with Crippen molar-refractivity contribution in [2.75, 3.05) is 40.9 Å². The predicted molar refractivity (Wildman–Crippen MR) is 210 cm³/mol. The van der Waals surface area contributed by atoms with Gasteiger partial charge >= 0.3 is 0 Å². The van der Waals surface area contributed by atoms with Crippen molar-refractivity contribution in [3.8, 4) is 0 Å². The van der Waals surface area contributed by atoms with Crippen LogP contribution < -0.4 is 10.2 Å². The van der Waals surface area contributed by atoms with Gasteiger partial charge in [0, 0.05) is 6.42 Å². The van der Waals surface area contributed by atoms with Gasteiger partial charge in [0.05, 0.1) is 39.9 Å². The number of amides is 1. The van der Waals surface area contributed by atoms with Gasteiger partial charge in [-0.2, -0.15) is 0 Å². The number of unbranched alkanes of at least 4 members (excludes halogenated alkanes) is 16. The molecule has 9 heteroatoms. The summed E-state index contributed by atoms with van der Waals surface area (Å²) in [6, 6.07) is -0.931. The molecule has 0 saturated carbocycles. The molecule has 0 aliphatic rings. The van der Waals surface area contributed by atoms with Crippen molar-refractivity contribution in [3.05, 3.63) is 48.6 Å². The molecule has 0 aromatic rings. The van der Waals surface area contributed by atoms with Crippen LogP contribution in [0.1, 0.15) is 155 Å². The lowest BCUT2D eigenvalue weighted by molar-refractivity contribution is -0.870. The topological polar surface area (TPSA) is 108 Å². The molecular formula is C41H77N2O6P. The van der Waals surface area contributed by atoms with Crippen molar-refractivity contribution in [1.29, 1.82) is 0 Å². The van der Waals surface area contributed by atoms with Gasteiger partial charge in [-0.3, -0.25) is 9.36 Å². The zero-order valence-electron chi connectivity index (χ0n) is 32.8. The molecule has 0 aromatic heterocycles. The van der Waals surface area contributed by atoms with E-state index in [0.717, 1.165) is 32.1 Å². The second kappa shape index (κ2) is 33.3. The fraction of sp³-hybridized carbons (Fsp3) is 0.780. The summed E-state index contributed by atoms with van der Waals surface area (Å²) in [6.07, 6.45) is 40.3. The third-order valence-electron chi connectivity index (χ3n) is 8.52. The van der Waals surface area contributed by atoms with E-state index in [0.29, 0.717) is 17.4 Å². The summed E-state index contributed by atoms with van der Waals surface area (Å²) in [5, 5.41) is 13.6. The first-order valence-corrected chi connectivity index (χ1v) is 21.5. The van der Waals surface area contributed by atoms with Gasteiger partial charge in [-0.25, -0.2) is 0 Å². The molecule has 0 fully saturated rings. The highest BCUT2D eigenvalue weighted by molar-refractivity contribution is 7.45. The van der Waals surface area contributed by atoms with Gasteiger partial charge in [0.2, 0.25) is 5.91 Å². The number of nitrogens with zero attached hydrogens (tertiary/aromatic N) is 1. The molecule has 0 aliphatic heterocycles. The first kappa shape index (κ1) is 48.5. The number of likely N-dealkylation sites (N-methyl/N-ethyl adjacent to an activating group) is 1. The Bertz CT molecular complexity index is 959. The number of rotatable bonds is 35. The van der Waals surface area contributed by atoms with Crippen LogP contribution >= 0.6 is 7.82 Å². The Kier molecular flexibility index (Phi) is 32.3. The highest BCUT2D eigenvalue weighted by Gasteiger charge is 2.23. The van der Waals surface area contributed by atoms with E-state index in [1.54, 1.807) is 6.08 Å². The highest BCUT2D eigenvalue weighted by Crippen LogP contribution is 2.38. The number of carbonyl (C=O) groups excluding carboxylic acids is 1. The van der Waals surface area contributed by atoms with E-state index < -0.39 is 26.6 Å². The van der Waals surface area contributed by atoms with E-state index in [1.807, 2.05) is 33.3 Å². The summed E-state index contributed by atoms with van der Waals surface area (Å²) in [4.78, 5) is 25.1. The molecule has 2 N–H and O–H groups in total. The largest absolute Gasteiger partial charge is 0.756 e. The standard InChI is InChI=1S/C41H77N2O6P/c1-6-8-10-12-14-16-18-20-21-23-24-26-28-30-32-34-40(44)39(38-49-50(46,47)48-37-36-43(3,4)5)42-41(45)35-33-31-29-27-25-22-19-17-15-13-11-9-7-2/h22,24-26,29,31-32,34,39-40,44H,6-21,23,27-28,30,33,35-38H2,1-5H3,(H-,42,45,46,47)/b25-22-,26-24+,31-29-,34-32+. The number of hydrogen-bond donors (Lipinski definition) is 2. The maximum atomic E-state index is 12.7. The molecular weight excluding hydrogens is 647 g/mol. The molecule has 0 rings (SSSR count). The highest BCUT2D eigenvalue weighted by atomic mass is 31.2. The molecule has 50 heavy (non-hydrogen) atoms. The molecule has 0 heterocycles. The Hall–Kier alpha value is -1.54. The minimum Gasteiger partial charge on any atom is -0.756 e. The second-order valence-electron chi connectivity index (χ2n) is 14.6. The number of hydrogen-bond acceptors (Lipinski definition) is 6. The molecule has 0 saturated heterocycles. The minimum absolute atomic E-state index is 0.0169. The molecule has 8 nitrogen and oxygen atoms in total. The van der Waals surface area contributed by atoms with Crippen LogP contribution in [0, 0.1) is 0 Å². The number of phosphoric acid groups is 1. The second-order valence-corrected chi connectivity index (χ2v) is 16.0. The van der Waals surface area contributed by atoms with E-state index in [-0.39, 0.29) is 18.9 Å². The van der Waals surface area contributed by atoms with Crippen molar-refractivity contribution in [1.82, 2.24) is 5.32 Å². The third kappa shape index (κ3) is 34.9. The lowest BCUT2D eigenvalue weighted by Gasteiger charge is -2.29. The van der Waals surface area contributed by atoms with Gasteiger partial charge < -0.3 is 28.8 Å². The Morgan fingerprint density at radius 3 is 1.74 bits per heavy atom. The van der Waals surface area contributed by atoms with E-state index in [9.17, 15) is 19.4 Å². The number of aliphatic hydroxyl groups excluding tert-OH is 1. The maximum absolute atomic E-state index is 12.7. The zero-order chi connectivity index (χ0) is 37.2. The number of aliphatic hydroxyl groups is 1. The number of quaternary nitrogens is 1. The summed E-state index contributed by atoms with van der Waals surface area (Å²) in [7, 11) is 1.20. The van der Waals surface area contributed by atoms with Crippen LogP contribution in [0.25, 0.3) is 0 Å². The monoisotopic (exact) mass is 725 g/mol. The maximum Gasteiger partial charge on any atom is 0.268 e. The fourth-order valence-electron chi connectivity index (χ4n) is 5.27. The van der Waals surface area contributed by atoms with Crippen molar-refractivity contribution in [2.45, 2.75) is 167 Å². The van der Waals surface area contributed by atoms with Crippen LogP contribution in [0.3, 0.4) is 0 Å². The molecule has 292 valence electrons. The summed E-state index contributed by atoms with van der Waals surface area (Å²) in [5.74, 6) is -0.277.